The number of carbonyl (C=O) groups is 1. The molecule has 1 amide bonds. The second-order valence-electron chi connectivity index (χ2n) is 8.35. The Morgan fingerprint density at radius 2 is 1.89 bits per heavy atom. The summed E-state index contributed by atoms with van der Waals surface area (Å²) >= 11 is 0. The fraction of sp³-hybridized carbons (Fsp3) is 0.154. The Balaban J connectivity index is 1.30. The van der Waals surface area contributed by atoms with Crippen LogP contribution in [0.5, 0.6) is 0 Å². The van der Waals surface area contributed by atoms with Crippen molar-refractivity contribution in [2.24, 2.45) is 0 Å². The maximum atomic E-state index is 14.8. The van der Waals surface area contributed by atoms with Gasteiger partial charge in [0.05, 0.1) is 47.2 Å². The summed E-state index contributed by atoms with van der Waals surface area (Å²) in [4.78, 5) is 18.3. The summed E-state index contributed by atoms with van der Waals surface area (Å²) in [7, 11) is 0. The van der Waals surface area contributed by atoms with Crippen molar-refractivity contribution in [3.8, 4) is 17.3 Å². The zero-order valence-corrected chi connectivity index (χ0v) is 18.6. The van der Waals surface area contributed by atoms with E-state index in [9.17, 15) is 22.4 Å². The van der Waals surface area contributed by atoms with Crippen LogP contribution in [0.1, 0.15) is 38.3 Å². The van der Waals surface area contributed by atoms with Gasteiger partial charge in [-0.05, 0) is 42.0 Å². The summed E-state index contributed by atoms with van der Waals surface area (Å²) in [6.07, 6.45) is -1.47. The normalized spacial score (nSPS) is 13.1. The van der Waals surface area contributed by atoms with Crippen LogP contribution in [0, 0.1) is 17.1 Å². The van der Waals surface area contributed by atoms with Gasteiger partial charge in [0, 0.05) is 30.1 Å². The van der Waals surface area contributed by atoms with Crippen LogP contribution < -0.4 is 0 Å². The van der Waals surface area contributed by atoms with E-state index in [-0.39, 0.29) is 24.6 Å². The number of halogens is 4. The average Bonchev–Trinajstić information content (AvgIpc) is 3.44. The summed E-state index contributed by atoms with van der Waals surface area (Å²) in [5, 5.41) is 13.3. The van der Waals surface area contributed by atoms with Crippen molar-refractivity contribution in [3.63, 3.8) is 0 Å². The lowest BCUT2D eigenvalue weighted by Gasteiger charge is -2.16. The highest BCUT2D eigenvalue weighted by Gasteiger charge is 2.34. The van der Waals surface area contributed by atoms with Crippen molar-refractivity contribution in [2.75, 3.05) is 0 Å². The Morgan fingerprint density at radius 3 is 2.61 bits per heavy atom. The number of rotatable bonds is 5. The Morgan fingerprint density at radius 1 is 1.06 bits per heavy atom. The molecule has 5 rings (SSSR count). The van der Waals surface area contributed by atoms with Crippen molar-refractivity contribution >= 4 is 5.91 Å². The number of alkyl halides is 3. The standard InChI is InChI=1S/C26H17F4N5O/c27-22-10-16(3-4-19(22)14-34-15-24-20(25(34)36)2-1-8-32-24)13-35-9-7-23(33-35)17-5-6-18(12-31)21(11-17)26(28,29)30/h1-11H,13-15H2. The van der Waals surface area contributed by atoms with E-state index < -0.39 is 23.1 Å². The van der Waals surface area contributed by atoms with Crippen LogP contribution in [-0.4, -0.2) is 25.6 Å². The zero-order valence-electron chi connectivity index (χ0n) is 18.6. The second kappa shape index (κ2) is 8.92. The number of nitriles is 1. The topological polar surface area (TPSA) is 74.8 Å². The largest absolute Gasteiger partial charge is 0.417 e. The number of carbonyl (C=O) groups excluding carboxylic acids is 1. The minimum absolute atomic E-state index is 0.105. The van der Waals surface area contributed by atoms with E-state index in [1.54, 1.807) is 48.8 Å². The van der Waals surface area contributed by atoms with Crippen LogP contribution in [0.4, 0.5) is 17.6 Å². The van der Waals surface area contributed by atoms with E-state index in [1.807, 2.05) is 0 Å². The molecule has 0 bridgehead atoms. The van der Waals surface area contributed by atoms with E-state index in [0.717, 1.165) is 12.1 Å². The minimum Gasteiger partial charge on any atom is -0.328 e. The molecule has 4 aromatic rings. The summed E-state index contributed by atoms with van der Waals surface area (Å²) in [6.45, 7) is 0.614. The summed E-state index contributed by atoms with van der Waals surface area (Å²) < 4.78 is 56.2. The molecular formula is C26H17F4N5O. The molecule has 0 aliphatic carbocycles. The molecule has 1 aliphatic rings. The third-order valence-electron chi connectivity index (χ3n) is 5.95. The number of fused-ring (bicyclic) bond motifs is 1. The first kappa shape index (κ1) is 23.2. The Bertz CT molecular complexity index is 1520. The number of aromatic nitrogens is 3. The molecule has 3 heterocycles. The first-order valence-corrected chi connectivity index (χ1v) is 10.9. The van der Waals surface area contributed by atoms with Crippen LogP contribution in [0.15, 0.2) is 67.0 Å². The van der Waals surface area contributed by atoms with Crippen molar-refractivity contribution in [1.82, 2.24) is 19.7 Å². The van der Waals surface area contributed by atoms with Gasteiger partial charge in [0.1, 0.15) is 5.82 Å². The average molecular weight is 491 g/mol. The molecular weight excluding hydrogens is 474 g/mol. The molecule has 0 atom stereocenters. The molecule has 36 heavy (non-hydrogen) atoms. The van der Waals surface area contributed by atoms with E-state index in [2.05, 4.69) is 10.1 Å². The van der Waals surface area contributed by atoms with Gasteiger partial charge in [-0.3, -0.25) is 14.5 Å². The molecule has 10 heteroatoms. The summed E-state index contributed by atoms with van der Waals surface area (Å²) in [6, 6.07) is 14.6. The maximum absolute atomic E-state index is 14.8. The number of hydrogen-bond acceptors (Lipinski definition) is 4. The fourth-order valence-corrected chi connectivity index (χ4v) is 4.16. The van der Waals surface area contributed by atoms with E-state index in [1.165, 1.54) is 21.7 Å². The molecule has 0 radical (unpaired) electrons. The number of amides is 1. The van der Waals surface area contributed by atoms with Crippen molar-refractivity contribution in [3.05, 3.63) is 106 Å². The van der Waals surface area contributed by atoms with Gasteiger partial charge in [-0.25, -0.2) is 4.39 Å². The third kappa shape index (κ3) is 4.43. The lowest BCUT2D eigenvalue weighted by Crippen LogP contribution is -2.23. The molecule has 0 saturated carbocycles. The first-order chi connectivity index (χ1) is 17.2. The van der Waals surface area contributed by atoms with E-state index in [0.29, 0.717) is 34.6 Å². The molecule has 0 spiro atoms. The molecule has 6 nitrogen and oxygen atoms in total. The Labute approximate surface area is 203 Å². The smallest absolute Gasteiger partial charge is 0.328 e. The quantitative estimate of drug-likeness (QED) is 0.361. The summed E-state index contributed by atoms with van der Waals surface area (Å²) in [5.74, 6) is -0.666. The van der Waals surface area contributed by atoms with Crippen LogP contribution in [-0.2, 0) is 25.8 Å². The predicted octanol–water partition coefficient (Wildman–Crippen LogP) is 5.18. The maximum Gasteiger partial charge on any atom is 0.417 e. The minimum atomic E-state index is -4.66. The van der Waals surface area contributed by atoms with E-state index in [4.69, 9.17) is 5.26 Å². The van der Waals surface area contributed by atoms with Gasteiger partial charge in [-0.15, -0.1) is 0 Å². The molecule has 0 fully saturated rings. The zero-order chi connectivity index (χ0) is 25.4. The second-order valence-corrected chi connectivity index (χ2v) is 8.35. The summed E-state index contributed by atoms with van der Waals surface area (Å²) in [5.41, 5.74) is 1.17. The van der Waals surface area contributed by atoms with Gasteiger partial charge in [0.2, 0.25) is 0 Å². The number of hydrogen-bond donors (Lipinski definition) is 0. The van der Waals surface area contributed by atoms with Gasteiger partial charge in [-0.2, -0.15) is 23.5 Å². The SMILES string of the molecule is N#Cc1ccc(-c2ccn(Cc3ccc(CN4Cc5ncccc5C4=O)c(F)c3)n2)cc1C(F)(F)F. The van der Waals surface area contributed by atoms with Crippen LogP contribution in [0.25, 0.3) is 11.3 Å². The Hall–Kier alpha value is -4.52. The third-order valence-corrected chi connectivity index (χ3v) is 5.95. The van der Waals surface area contributed by atoms with Gasteiger partial charge in [0.25, 0.3) is 5.91 Å². The molecule has 0 unspecified atom stereocenters. The molecule has 0 saturated heterocycles. The Kier molecular flexibility index (Phi) is 5.76. The van der Waals surface area contributed by atoms with Crippen LogP contribution in [0.3, 0.4) is 0 Å². The number of benzene rings is 2. The van der Waals surface area contributed by atoms with Crippen molar-refractivity contribution < 1.29 is 22.4 Å². The molecule has 180 valence electrons. The molecule has 2 aromatic heterocycles. The highest BCUT2D eigenvalue weighted by molar-refractivity contribution is 5.97. The lowest BCUT2D eigenvalue weighted by atomic mass is 10.0. The van der Waals surface area contributed by atoms with Crippen molar-refractivity contribution in [1.29, 1.82) is 5.26 Å². The van der Waals surface area contributed by atoms with Crippen molar-refractivity contribution in [2.45, 2.75) is 25.8 Å². The van der Waals surface area contributed by atoms with Crippen LogP contribution >= 0.6 is 0 Å². The van der Waals surface area contributed by atoms with Gasteiger partial charge >= 0.3 is 6.18 Å². The molecule has 2 aromatic carbocycles. The molecule has 0 N–H and O–H groups in total. The lowest BCUT2D eigenvalue weighted by molar-refractivity contribution is -0.137. The van der Waals surface area contributed by atoms with E-state index >= 15 is 0 Å². The first-order valence-electron chi connectivity index (χ1n) is 10.9. The highest BCUT2D eigenvalue weighted by atomic mass is 19.4. The molecule has 1 aliphatic heterocycles. The number of nitrogens with zero attached hydrogens (tertiary/aromatic N) is 5. The predicted molar refractivity (Wildman–Crippen MR) is 121 cm³/mol. The fourth-order valence-electron chi connectivity index (χ4n) is 4.16. The highest BCUT2D eigenvalue weighted by Crippen LogP contribution is 2.34. The van der Waals surface area contributed by atoms with Gasteiger partial charge in [-0.1, -0.05) is 18.2 Å². The van der Waals surface area contributed by atoms with Gasteiger partial charge < -0.3 is 4.90 Å². The van der Waals surface area contributed by atoms with Gasteiger partial charge in [0.15, 0.2) is 0 Å². The monoisotopic (exact) mass is 491 g/mol. The van der Waals surface area contributed by atoms with Crippen LogP contribution in [0.2, 0.25) is 0 Å². The number of pyridine rings is 1.